The van der Waals surface area contributed by atoms with Crippen molar-refractivity contribution in [2.24, 2.45) is 5.92 Å². The van der Waals surface area contributed by atoms with Gasteiger partial charge in [-0.05, 0) is 64.8 Å². The Morgan fingerprint density at radius 2 is 1.79 bits per heavy atom. The largest absolute Gasteiger partial charge is 0.424 e. The van der Waals surface area contributed by atoms with Gasteiger partial charge in [0.2, 0.25) is 11.8 Å². The van der Waals surface area contributed by atoms with E-state index in [1.165, 1.54) is 0 Å². The van der Waals surface area contributed by atoms with Crippen LogP contribution in [0.5, 0.6) is 11.8 Å². The molecule has 7 nitrogen and oxygen atoms in total. The van der Waals surface area contributed by atoms with Gasteiger partial charge in [-0.3, -0.25) is 9.59 Å². The fourth-order valence-electron chi connectivity index (χ4n) is 3.11. The average Bonchev–Trinajstić information content (AvgIpc) is 3.12. The minimum atomic E-state index is -0.712. The minimum Gasteiger partial charge on any atom is -0.424 e. The summed E-state index contributed by atoms with van der Waals surface area (Å²) in [5, 5.41) is 2.81. The van der Waals surface area contributed by atoms with Gasteiger partial charge in [-0.15, -0.1) is 0 Å². The molecule has 2 amide bonds. The van der Waals surface area contributed by atoms with Gasteiger partial charge in [-0.25, -0.2) is 9.97 Å². The fraction of sp³-hybridized carbons (Fsp3) is 0.143. The summed E-state index contributed by atoms with van der Waals surface area (Å²) in [5.74, 6) is -0.679. The Hall–Kier alpha value is -3.26. The minimum absolute atomic E-state index is 0.199. The van der Waals surface area contributed by atoms with Crippen molar-refractivity contribution in [3.8, 4) is 11.8 Å². The molecular weight excluding hydrogens is 436 g/mol. The van der Waals surface area contributed by atoms with Crippen molar-refractivity contribution < 1.29 is 14.3 Å². The van der Waals surface area contributed by atoms with Gasteiger partial charge >= 0.3 is 6.01 Å². The molecule has 0 bridgehead atoms. The molecule has 1 saturated heterocycles. The van der Waals surface area contributed by atoms with E-state index < -0.39 is 5.92 Å². The zero-order valence-corrected chi connectivity index (χ0v) is 16.9. The van der Waals surface area contributed by atoms with E-state index in [1.54, 1.807) is 47.6 Å². The Balaban J connectivity index is 1.39. The second-order valence-corrected chi connectivity index (χ2v) is 7.28. The first-order valence-electron chi connectivity index (χ1n) is 9.03. The Morgan fingerprint density at radius 1 is 1.07 bits per heavy atom. The van der Waals surface area contributed by atoms with E-state index in [0.717, 1.165) is 10.2 Å². The van der Waals surface area contributed by atoms with E-state index in [-0.39, 0.29) is 17.8 Å². The van der Waals surface area contributed by atoms with Gasteiger partial charge in [0.1, 0.15) is 11.7 Å². The third kappa shape index (κ3) is 4.27. The maximum absolute atomic E-state index is 12.8. The summed E-state index contributed by atoms with van der Waals surface area (Å²) in [5.41, 5.74) is 1.36. The number of hydrogen-bond donors (Lipinski definition) is 1. The summed E-state index contributed by atoms with van der Waals surface area (Å²) in [6.07, 6.45) is 3.65. The van der Waals surface area contributed by atoms with Crippen LogP contribution in [0.2, 0.25) is 0 Å². The molecule has 2 aromatic carbocycles. The number of para-hydroxylation sites is 1. The molecule has 4 rings (SSSR count). The SMILES string of the molecule is O=C(Nc1ccc(Oc2ncccn2)cc1)C1CCN(c2ccccc2Br)C1=O. The van der Waals surface area contributed by atoms with Crippen LogP contribution in [0.4, 0.5) is 11.4 Å². The third-order valence-electron chi connectivity index (χ3n) is 4.54. The second kappa shape index (κ2) is 8.40. The lowest BCUT2D eigenvalue weighted by Gasteiger charge is -2.18. The van der Waals surface area contributed by atoms with Crippen molar-refractivity contribution in [3.05, 3.63) is 71.5 Å². The molecule has 1 atom stereocenters. The Bertz CT molecular complexity index is 1030. The number of amides is 2. The molecule has 0 radical (unpaired) electrons. The number of aromatic nitrogens is 2. The summed E-state index contributed by atoms with van der Waals surface area (Å²) in [6, 6.07) is 16.3. The first kappa shape index (κ1) is 19.1. The van der Waals surface area contributed by atoms with E-state index in [4.69, 9.17) is 4.74 Å². The summed E-state index contributed by atoms with van der Waals surface area (Å²) in [6.45, 7) is 0.503. The lowest BCUT2D eigenvalue weighted by molar-refractivity contribution is -0.129. The van der Waals surface area contributed by atoms with E-state index in [9.17, 15) is 9.59 Å². The zero-order valence-electron chi connectivity index (χ0n) is 15.3. The highest BCUT2D eigenvalue weighted by molar-refractivity contribution is 9.10. The number of ether oxygens (including phenoxy) is 1. The van der Waals surface area contributed by atoms with Crippen LogP contribution in [0.1, 0.15) is 6.42 Å². The molecule has 8 heteroatoms. The van der Waals surface area contributed by atoms with E-state index in [0.29, 0.717) is 24.4 Å². The molecule has 1 N–H and O–H groups in total. The summed E-state index contributed by atoms with van der Waals surface area (Å²) < 4.78 is 6.36. The van der Waals surface area contributed by atoms with Crippen molar-refractivity contribution in [2.45, 2.75) is 6.42 Å². The van der Waals surface area contributed by atoms with Gasteiger partial charge < -0.3 is 15.0 Å². The monoisotopic (exact) mass is 452 g/mol. The molecular formula is C21H17BrN4O3. The first-order valence-corrected chi connectivity index (χ1v) is 9.83. The second-order valence-electron chi connectivity index (χ2n) is 6.43. The molecule has 1 unspecified atom stereocenters. The van der Waals surface area contributed by atoms with Gasteiger partial charge in [0.25, 0.3) is 0 Å². The molecule has 1 aliphatic heterocycles. The van der Waals surface area contributed by atoms with Gasteiger partial charge in [-0.1, -0.05) is 12.1 Å². The molecule has 1 aliphatic rings. The molecule has 0 saturated carbocycles. The highest BCUT2D eigenvalue weighted by Gasteiger charge is 2.38. The van der Waals surface area contributed by atoms with Crippen LogP contribution in [0.25, 0.3) is 0 Å². The van der Waals surface area contributed by atoms with Crippen molar-refractivity contribution in [1.29, 1.82) is 0 Å². The van der Waals surface area contributed by atoms with Crippen LogP contribution in [0.15, 0.2) is 71.5 Å². The molecule has 2 heterocycles. The van der Waals surface area contributed by atoms with Crippen LogP contribution < -0.4 is 15.0 Å². The maximum Gasteiger partial charge on any atom is 0.321 e. The molecule has 3 aromatic rings. The number of halogens is 1. The van der Waals surface area contributed by atoms with Crippen LogP contribution in [-0.4, -0.2) is 28.3 Å². The quantitative estimate of drug-likeness (QED) is 0.590. The number of hydrogen-bond acceptors (Lipinski definition) is 5. The van der Waals surface area contributed by atoms with E-state index in [2.05, 4.69) is 31.2 Å². The number of nitrogens with one attached hydrogen (secondary N) is 1. The van der Waals surface area contributed by atoms with Crippen molar-refractivity contribution in [1.82, 2.24) is 9.97 Å². The molecule has 0 aliphatic carbocycles. The lowest BCUT2D eigenvalue weighted by atomic mass is 10.1. The molecule has 0 spiro atoms. The van der Waals surface area contributed by atoms with Crippen molar-refractivity contribution in [2.75, 3.05) is 16.8 Å². The summed E-state index contributed by atoms with van der Waals surface area (Å²) in [4.78, 5) is 35.0. The van der Waals surface area contributed by atoms with Crippen LogP contribution in [0, 0.1) is 5.92 Å². The normalized spacial score (nSPS) is 16.0. The van der Waals surface area contributed by atoms with Crippen molar-refractivity contribution in [3.63, 3.8) is 0 Å². The zero-order chi connectivity index (χ0) is 20.2. The van der Waals surface area contributed by atoms with Crippen molar-refractivity contribution >= 4 is 39.1 Å². The van der Waals surface area contributed by atoms with E-state index in [1.807, 2.05) is 24.3 Å². The maximum atomic E-state index is 12.8. The lowest BCUT2D eigenvalue weighted by Crippen LogP contribution is -2.33. The van der Waals surface area contributed by atoms with Gasteiger partial charge in [0.05, 0.1) is 5.69 Å². The first-order chi connectivity index (χ1) is 14.1. The Labute approximate surface area is 175 Å². The number of carbonyl (C=O) groups is 2. The van der Waals surface area contributed by atoms with Crippen LogP contribution in [0.3, 0.4) is 0 Å². The standard InChI is InChI=1S/C21H17BrN4O3/c22-17-4-1-2-5-18(17)26-13-10-16(20(26)28)19(27)25-14-6-8-15(9-7-14)29-21-23-11-3-12-24-21/h1-9,11-12,16H,10,13H2,(H,25,27). The molecule has 29 heavy (non-hydrogen) atoms. The Kier molecular flexibility index (Phi) is 5.53. The Morgan fingerprint density at radius 3 is 2.52 bits per heavy atom. The third-order valence-corrected chi connectivity index (χ3v) is 5.21. The summed E-state index contributed by atoms with van der Waals surface area (Å²) in [7, 11) is 0. The predicted molar refractivity (Wildman–Crippen MR) is 112 cm³/mol. The predicted octanol–water partition coefficient (Wildman–Crippen LogP) is 4.02. The molecule has 1 aromatic heterocycles. The average molecular weight is 453 g/mol. The van der Waals surface area contributed by atoms with Gasteiger partial charge in [0, 0.05) is 29.1 Å². The topological polar surface area (TPSA) is 84.4 Å². The van der Waals surface area contributed by atoms with E-state index >= 15 is 0 Å². The summed E-state index contributed by atoms with van der Waals surface area (Å²) >= 11 is 3.46. The number of anilines is 2. The van der Waals surface area contributed by atoms with Crippen LogP contribution >= 0.6 is 15.9 Å². The van der Waals surface area contributed by atoms with Gasteiger partial charge in [-0.2, -0.15) is 0 Å². The highest BCUT2D eigenvalue weighted by Crippen LogP contribution is 2.32. The van der Waals surface area contributed by atoms with Crippen LogP contribution in [-0.2, 0) is 9.59 Å². The fourth-order valence-corrected chi connectivity index (χ4v) is 3.61. The highest BCUT2D eigenvalue weighted by atomic mass is 79.9. The molecule has 1 fully saturated rings. The number of rotatable bonds is 5. The van der Waals surface area contributed by atoms with Gasteiger partial charge in [0.15, 0.2) is 0 Å². The number of nitrogens with zero attached hydrogens (tertiary/aromatic N) is 3. The molecule has 146 valence electrons. The smallest absolute Gasteiger partial charge is 0.321 e. The number of benzene rings is 2. The number of carbonyl (C=O) groups excluding carboxylic acids is 2.